The average Bonchev–Trinajstić information content (AvgIpc) is 3.62. The molecule has 3 aromatic rings. The van der Waals surface area contributed by atoms with Gasteiger partial charge in [0.1, 0.15) is 5.75 Å². The van der Waals surface area contributed by atoms with E-state index < -0.39 is 11.6 Å². The minimum atomic E-state index is -0.698. The molecule has 4 unspecified atom stereocenters. The second-order valence-electron chi connectivity index (χ2n) is 12.7. The standard InChI is InChI=1S/C36H46O7S/c1-8-24-11-13-25(14-12-24)32-20-26-15-16-27(21-33(26)44-32)38-19-17-29-31(43-36(6,7)41-29)22-30-28(40-35(4,5)42-30)10-9-18-39-34(37)23(2)3/h11-16,20-21,28-31H,2,8-10,17-19,22H2,1,3-7H3. The summed E-state index contributed by atoms with van der Waals surface area (Å²) in [5.41, 5.74) is 2.99. The average molecular weight is 623 g/mol. The highest BCUT2D eigenvalue weighted by atomic mass is 32.1. The molecule has 2 aliphatic rings. The summed E-state index contributed by atoms with van der Waals surface area (Å²) in [6.07, 6.45) is 3.14. The summed E-state index contributed by atoms with van der Waals surface area (Å²) in [5.74, 6) is -0.912. The van der Waals surface area contributed by atoms with Crippen molar-refractivity contribution in [2.75, 3.05) is 13.2 Å². The Morgan fingerprint density at radius 2 is 1.50 bits per heavy atom. The van der Waals surface area contributed by atoms with Gasteiger partial charge in [-0.15, -0.1) is 11.3 Å². The van der Waals surface area contributed by atoms with Crippen molar-refractivity contribution in [2.45, 2.75) is 110 Å². The molecule has 2 fully saturated rings. The molecule has 0 N–H and O–H groups in total. The molecule has 5 rings (SSSR count). The van der Waals surface area contributed by atoms with Gasteiger partial charge >= 0.3 is 5.97 Å². The third-order valence-electron chi connectivity index (χ3n) is 8.06. The van der Waals surface area contributed by atoms with Gasteiger partial charge in [-0.3, -0.25) is 0 Å². The maximum atomic E-state index is 11.7. The number of aryl methyl sites for hydroxylation is 1. The summed E-state index contributed by atoms with van der Waals surface area (Å²) in [4.78, 5) is 13.0. The van der Waals surface area contributed by atoms with Crippen LogP contribution in [0.5, 0.6) is 5.75 Å². The van der Waals surface area contributed by atoms with Crippen molar-refractivity contribution >= 4 is 27.4 Å². The molecule has 8 heteroatoms. The summed E-state index contributed by atoms with van der Waals surface area (Å²) < 4.78 is 37.9. The molecule has 0 bridgehead atoms. The van der Waals surface area contributed by atoms with Crippen molar-refractivity contribution in [1.82, 2.24) is 0 Å². The van der Waals surface area contributed by atoms with E-state index in [9.17, 15) is 4.79 Å². The number of fused-ring (bicyclic) bond motifs is 1. The van der Waals surface area contributed by atoms with Crippen LogP contribution in [0, 0.1) is 0 Å². The number of ether oxygens (including phenoxy) is 6. The third-order valence-corrected chi connectivity index (χ3v) is 9.21. The van der Waals surface area contributed by atoms with Crippen LogP contribution < -0.4 is 4.74 Å². The van der Waals surface area contributed by atoms with Crippen LogP contribution in [0.4, 0.5) is 0 Å². The Bertz CT molecular complexity index is 1440. The highest BCUT2D eigenvalue weighted by Crippen LogP contribution is 2.39. The van der Waals surface area contributed by atoms with E-state index in [-0.39, 0.29) is 30.4 Å². The minimum Gasteiger partial charge on any atom is -0.493 e. The summed E-state index contributed by atoms with van der Waals surface area (Å²) in [6, 6.07) is 17.4. The zero-order chi connectivity index (χ0) is 31.5. The number of thiophene rings is 1. The molecule has 238 valence electrons. The SMILES string of the molecule is C=C(C)C(=O)OCCCC1OC(C)(C)OC1CC1OC(C)(C)OC1CCOc1ccc2cc(-c3ccc(CC)cc3)sc2c1. The highest BCUT2D eigenvalue weighted by molar-refractivity contribution is 7.22. The van der Waals surface area contributed by atoms with Crippen molar-refractivity contribution in [3.63, 3.8) is 0 Å². The molecule has 3 heterocycles. The Labute approximate surface area is 265 Å². The molecular weight excluding hydrogens is 576 g/mol. The molecule has 44 heavy (non-hydrogen) atoms. The van der Waals surface area contributed by atoms with E-state index in [1.54, 1.807) is 18.3 Å². The summed E-state index contributed by atoms with van der Waals surface area (Å²) in [7, 11) is 0. The number of carbonyl (C=O) groups is 1. The molecule has 0 amide bonds. The van der Waals surface area contributed by atoms with Crippen LogP contribution in [-0.4, -0.2) is 55.2 Å². The lowest BCUT2D eigenvalue weighted by molar-refractivity contribution is -0.157. The molecule has 0 radical (unpaired) electrons. The van der Waals surface area contributed by atoms with Crippen molar-refractivity contribution in [2.24, 2.45) is 0 Å². The first kappa shape index (κ1) is 32.6. The third kappa shape index (κ3) is 8.29. The minimum absolute atomic E-state index is 0.135. The topological polar surface area (TPSA) is 72.5 Å². The zero-order valence-electron chi connectivity index (χ0n) is 26.9. The van der Waals surface area contributed by atoms with Gasteiger partial charge in [-0.05, 0) is 94.7 Å². The van der Waals surface area contributed by atoms with E-state index in [2.05, 4.69) is 56.0 Å². The van der Waals surface area contributed by atoms with Gasteiger partial charge < -0.3 is 28.4 Å². The van der Waals surface area contributed by atoms with Gasteiger partial charge in [-0.25, -0.2) is 4.79 Å². The number of rotatable bonds is 13. The first-order valence-corrected chi connectivity index (χ1v) is 16.5. The molecule has 0 aliphatic carbocycles. The lowest BCUT2D eigenvalue weighted by Crippen LogP contribution is -2.33. The van der Waals surface area contributed by atoms with Crippen LogP contribution in [-0.2, 0) is 34.9 Å². The molecule has 7 nitrogen and oxygen atoms in total. The lowest BCUT2D eigenvalue weighted by Gasteiger charge is -2.23. The monoisotopic (exact) mass is 622 g/mol. The van der Waals surface area contributed by atoms with Crippen LogP contribution in [0.15, 0.2) is 60.7 Å². The highest BCUT2D eigenvalue weighted by Gasteiger charge is 2.47. The molecule has 2 saturated heterocycles. The molecule has 2 aliphatic heterocycles. The molecule has 0 spiro atoms. The van der Waals surface area contributed by atoms with Crippen molar-refractivity contribution in [3.8, 4) is 16.2 Å². The molecule has 2 aromatic carbocycles. The van der Waals surface area contributed by atoms with Gasteiger partial charge in [0.2, 0.25) is 0 Å². The van der Waals surface area contributed by atoms with E-state index in [0.717, 1.165) is 12.2 Å². The maximum absolute atomic E-state index is 11.7. The summed E-state index contributed by atoms with van der Waals surface area (Å²) in [5, 5.41) is 1.22. The van der Waals surface area contributed by atoms with E-state index in [4.69, 9.17) is 28.4 Å². The number of benzene rings is 2. The predicted octanol–water partition coefficient (Wildman–Crippen LogP) is 8.23. The molecule has 0 saturated carbocycles. The van der Waals surface area contributed by atoms with Gasteiger partial charge in [0, 0.05) is 28.0 Å². The number of hydrogen-bond donors (Lipinski definition) is 0. The van der Waals surface area contributed by atoms with Crippen molar-refractivity contribution in [1.29, 1.82) is 0 Å². The van der Waals surface area contributed by atoms with E-state index in [1.807, 2.05) is 33.8 Å². The summed E-state index contributed by atoms with van der Waals surface area (Å²) >= 11 is 1.79. The molecular formula is C36H46O7S. The normalized spacial score (nSPS) is 24.0. The van der Waals surface area contributed by atoms with Crippen molar-refractivity contribution < 1.29 is 33.2 Å². The van der Waals surface area contributed by atoms with Gasteiger partial charge in [0.15, 0.2) is 11.6 Å². The first-order valence-electron chi connectivity index (χ1n) is 15.7. The fourth-order valence-electron chi connectivity index (χ4n) is 5.95. The van der Waals surface area contributed by atoms with Gasteiger partial charge in [0.05, 0.1) is 37.6 Å². The largest absolute Gasteiger partial charge is 0.493 e. The van der Waals surface area contributed by atoms with Gasteiger partial charge in [0.25, 0.3) is 0 Å². The summed E-state index contributed by atoms with van der Waals surface area (Å²) in [6.45, 7) is 16.0. The smallest absolute Gasteiger partial charge is 0.333 e. The van der Waals surface area contributed by atoms with Crippen LogP contribution in [0.25, 0.3) is 20.5 Å². The van der Waals surface area contributed by atoms with Crippen LogP contribution in [0.3, 0.4) is 0 Å². The number of esters is 1. The lowest BCUT2D eigenvalue weighted by atomic mass is 9.99. The van der Waals surface area contributed by atoms with Crippen LogP contribution in [0.1, 0.15) is 72.8 Å². The quantitative estimate of drug-likeness (QED) is 0.108. The second-order valence-corrected chi connectivity index (χ2v) is 13.8. The Morgan fingerprint density at radius 3 is 2.14 bits per heavy atom. The predicted molar refractivity (Wildman–Crippen MR) is 174 cm³/mol. The van der Waals surface area contributed by atoms with Crippen LogP contribution >= 0.6 is 11.3 Å². The fourth-order valence-corrected chi connectivity index (χ4v) is 7.05. The molecule has 1 aromatic heterocycles. The Morgan fingerprint density at radius 1 is 0.864 bits per heavy atom. The second kappa shape index (κ2) is 13.7. The van der Waals surface area contributed by atoms with Gasteiger partial charge in [-0.2, -0.15) is 0 Å². The number of hydrogen-bond acceptors (Lipinski definition) is 8. The first-order chi connectivity index (χ1) is 20.9. The van der Waals surface area contributed by atoms with E-state index in [1.165, 1.54) is 26.1 Å². The maximum Gasteiger partial charge on any atom is 0.333 e. The molecule has 4 atom stereocenters. The van der Waals surface area contributed by atoms with E-state index in [0.29, 0.717) is 44.5 Å². The van der Waals surface area contributed by atoms with Gasteiger partial charge in [-0.1, -0.05) is 37.8 Å². The number of carbonyl (C=O) groups excluding carboxylic acids is 1. The fraction of sp³-hybridized carbons (Fsp3) is 0.528. The van der Waals surface area contributed by atoms with E-state index >= 15 is 0 Å². The van der Waals surface area contributed by atoms with Crippen LogP contribution in [0.2, 0.25) is 0 Å². The Kier molecular flexibility index (Phi) is 10.2. The Hall–Kier alpha value is -2.75. The zero-order valence-corrected chi connectivity index (χ0v) is 27.7. The van der Waals surface area contributed by atoms with Crippen molar-refractivity contribution in [3.05, 3.63) is 66.2 Å². The Balaban J connectivity index is 1.16.